The first-order valence-corrected chi connectivity index (χ1v) is 8.07. The second-order valence-corrected chi connectivity index (χ2v) is 5.73. The van der Waals surface area contributed by atoms with Crippen molar-refractivity contribution >= 4 is 34.2 Å². The third-order valence-electron chi connectivity index (χ3n) is 3.97. The number of carbonyl (C=O) groups is 2. The molecule has 0 atom stereocenters. The number of rotatable bonds is 3. The molecule has 0 N–H and O–H groups in total. The van der Waals surface area contributed by atoms with E-state index in [2.05, 4.69) is 22.6 Å². The lowest BCUT2D eigenvalue weighted by atomic mass is 9.78. The standard InChI is InChI=1S/C17H13IO3/c1-21-12-8-6-11(7-9-12)17(10-18)15(19)13-4-2-3-5-14(13)16(17)20/h2-9H,10H2,1H3. The lowest BCUT2D eigenvalue weighted by Crippen LogP contribution is -2.40. The molecule has 2 aromatic rings. The molecule has 0 aliphatic heterocycles. The number of carbonyl (C=O) groups excluding carboxylic acids is 2. The predicted molar refractivity (Wildman–Crippen MR) is 88.7 cm³/mol. The Bertz CT molecular complexity index is 684. The highest BCUT2D eigenvalue weighted by Gasteiger charge is 2.53. The Kier molecular flexibility index (Phi) is 3.57. The highest BCUT2D eigenvalue weighted by Crippen LogP contribution is 2.41. The summed E-state index contributed by atoms with van der Waals surface area (Å²) < 4.78 is 5.56. The smallest absolute Gasteiger partial charge is 0.182 e. The molecule has 3 nitrogen and oxygen atoms in total. The van der Waals surface area contributed by atoms with Crippen LogP contribution in [0.1, 0.15) is 26.3 Å². The van der Waals surface area contributed by atoms with Crippen molar-refractivity contribution in [1.29, 1.82) is 0 Å². The van der Waals surface area contributed by atoms with Crippen LogP contribution in [0.4, 0.5) is 0 Å². The van der Waals surface area contributed by atoms with Gasteiger partial charge in [0.2, 0.25) is 0 Å². The van der Waals surface area contributed by atoms with Gasteiger partial charge in [-0.3, -0.25) is 9.59 Å². The Morgan fingerprint density at radius 2 is 1.48 bits per heavy atom. The van der Waals surface area contributed by atoms with Crippen LogP contribution in [0, 0.1) is 0 Å². The van der Waals surface area contributed by atoms with Crippen LogP contribution in [0.25, 0.3) is 0 Å². The van der Waals surface area contributed by atoms with E-state index < -0.39 is 5.41 Å². The molecule has 0 aromatic heterocycles. The van der Waals surface area contributed by atoms with Crippen molar-refractivity contribution in [2.75, 3.05) is 11.5 Å². The Balaban J connectivity index is 2.18. The SMILES string of the molecule is COc1ccc(C2(CI)C(=O)c3ccccc3C2=O)cc1. The molecule has 0 unspecified atom stereocenters. The summed E-state index contributed by atoms with van der Waals surface area (Å²) in [4.78, 5) is 25.7. The minimum atomic E-state index is -1.10. The van der Waals surface area contributed by atoms with Gasteiger partial charge >= 0.3 is 0 Å². The molecule has 3 rings (SSSR count). The van der Waals surface area contributed by atoms with E-state index in [-0.39, 0.29) is 11.6 Å². The van der Waals surface area contributed by atoms with E-state index in [1.54, 1.807) is 55.6 Å². The van der Waals surface area contributed by atoms with Crippen LogP contribution in [0.2, 0.25) is 0 Å². The van der Waals surface area contributed by atoms with Crippen molar-refractivity contribution in [2.45, 2.75) is 5.41 Å². The molecule has 0 radical (unpaired) electrons. The fourth-order valence-corrected chi connectivity index (χ4v) is 3.91. The molecule has 0 heterocycles. The van der Waals surface area contributed by atoms with E-state index in [1.807, 2.05) is 0 Å². The molecule has 21 heavy (non-hydrogen) atoms. The molecule has 0 fully saturated rings. The molecular formula is C17H13IO3. The predicted octanol–water partition coefficient (Wildman–Crippen LogP) is 3.45. The van der Waals surface area contributed by atoms with Gasteiger partial charge in [0.15, 0.2) is 11.6 Å². The van der Waals surface area contributed by atoms with Crippen LogP contribution >= 0.6 is 22.6 Å². The highest BCUT2D eigenvalue weighted by molar-refractivity contribution is 14.1. The van der Waals surface area contributed by atoms with Crippen molar-refractivity contribution in [2.24, 2.45) is 0 Å². The van der Waals surface area contributed by atoms with Gasteiger partial charge < -0.3 is 4.74 Å². The molecule has 0 saturated carbocycles. The minimum absolute atomic E-state index is 0.109. The molecule has 0 amide bonds. The summed E-state index contributed by atoms with van der Waals surface area (Å²) >= 11 is 2.12. The first-order chi connectivity index (χ1) is 10.1. The van der Waals surface area contributed by atoms with Gasteiger partial charge in [0.25, 0.3) is 0 Å². The van der Waals surface area contributed by atoms with E-state index in [0.29, 0.717) is 21.3 Å². The van der Waals surface area contributed by atoms with Gasteiger partial charge in [-0.05, 0) is 17.7 Å². The maximum atomic E-state index is 12.9. The molecule has 0 bridgehead atoms. The third kappa shape index (κ3) is 1.92. The number of hydrogen-bond donors (Lipinski definition) is 0. The minimum Gasteiger partial charge on any atom is -0.497 e. The second-order valence-electron chi connectivity index (χ2n) is 4.97. The average Bonchev–Trinajstić information content (AvgIpc) is 2.77. The van der Waals surface area contributed by atoms with E-state index in [0.717, 1.165) is 5.56 Å². The summed E-state index contributed by atoms with van der Waals surface area (Å²) in [6.07, 6.45) is 0. The van der Waals surface area contributed by atoms with Crippen LogP contribution in [0.5, 0.6) is 5.75 Å². The average molecular weight is 392 g/mol. The Labute approximate surface area is 136 Å². The fourth-order valence-electron chi connectivity index (χ4n) is 2.78. The van der Waals surface area contributed by atoms with Crippen molar-refractivity contribution in [3.8, 4) is 5.75 Å². The van der Waals surface area contributed by atoms with Gasteiger partial charge in [-0.15, -0.1) is 0 Å². The summed E-state index contributed by atoms with van der Waals surface area (Å²) in [6.45, 7) is 0. The number of methoxy groups -OCH3 is 1. The normalized spacial score (nSPS) is 15.9. The first-order valence-electron chi connectivity index (χ1n) is 6.54. The second kappa shape index (κ2) is 5.26. The van der Waals surface area contributed by atoms with E-state index in [4.69, 9.17) is 4.74 Å². The number of alkyl halides is 1. The van der Waals surface area contributed by atoms with Gasteiger partial charge in [-0.25, -0.2) is 0 Å². The lowest BCUT2D eigenvalue weighted by molar-refractivity contribution is 0.0817. The summed E-state index contributed by atoms with van der Waals surface area (Å²) in [5, 5.41) is 0. The largest absolute Gasteiger partial charge is 0.497 e. The monoisotopic (exact) mass is 392 g/mol. The van der Waals surface area contributed by atoms with E-state index in [9.17, 15) is 9.59 Å². The third-order valence-corrected chi connectivity index (χ3v) is 5.12. The maximum Gasteiger partial charge on any atom is 0.182 e. The first kappa shape index (κ1) is 14.3. The lowest BCUT2D eigenvalue weighted by Gasteiger charge is -2.24. The summed E-state index contributed by atoms with van der Waals surface area (Å²) in [5.41, 5.74) is 0.671. The number of hydrogen-bond acceptors (Lipinski definition) is 3. The summed E-state index contributed by atoms with van der Waals surface area (Å²) in [7, 11) is 1.59. The number of Topliss-reactive ketones (excluding diaryl/α,β-unsaturated/α-hetero) is 2. The fraction of sp³-hybridized carbons (Fsp3) is 0.176. The summed E-state index contributed by atoms with van der Waals surface area (Å²) in [6, 6.07) is 14.2. The Hall–Kier alpha value is -1.69. The van der Waals surface area contributed by atoms with Crippen molar-refractivity contribution in [1.82, 2.24) is 0 Å². The number of ketones is 2. The molecular weight excluding hydrogens is 379 g/mol. The van der Waals surface area contributed by atoms with Gasteiger partial charge in [0, 0.05) is 15.6 Å². The number of benzene rings is 2. The van der Waals surface area contributed by atoms with Crippen LogP contribution < -0.4 is 4.74 Å². The Morgan fingerprint density at radius 1 is 0.952 bits per heavy atom. The van der Waals surface area contributed by atoms with Crippen LogP contribution in [0.15, 0.2) is 48.5 Å². The molecule has 0 saturated heterocycles. The molecule has 2 aromatic carbocycles. The number of fused-ring (bicyclic) bond motifs is 1. The van der Waals surface area contributed by atoms with Crippen molar-refractivity contribution in [3.05, 3.63) is 65.2 Å². The van der Waals surface area contributed by atoms with Crippen LogP contribution in [0.3, 0.4) is 0 Å². The zero-order valence-electron chi connectivity index (χ0n) is 11.4. The van der Waals surface area contributed by atoms with Gasteiger partial charge in [0.05, 0.1) is 7.11 Å². The zero-order valence-corrected chi connectivity index (χ0v) is 13.6. The van der Waals surface area contributed by atoms with Crippen LogP contribution in [-0.2, 0) is 5.41 Å². The quantitative estimate of drug-likeness (QED) is 0.457. The number of halogens is 1. The summed E-state index contributed by atoms with van der Waals surface area (Å²) in [5.74, 6) is 0.489. The van der Waals surface area contributed by atoms with Crippen LogP contribution in [-0.4, -0.2) is 23.1 Å². The molecule has 4 heteroatoms. The number of ether oxygens (including phenoxy) is 1. The van der Waals surface area contributed by atoms with Crippen molar-refractivity contribution in [3.63, 3.8) is 0 Å². The molecule has 1 aliphatic carbocycles. The molecule has 1 aliphatic rings. The zero-order chi connectivity index (χ0) is 15.0. The van der Waals surface area contributed by atoms with E-state index >= 15 is 0 Å². The highest BCUT2D eigenvalue weighted by atomic mass is 127. The molecule has 0 spiro atoms. The van der Waals surface area contributed by atoms with Crippen molar-refractivity contribution < 1.29 is 14.3 Å². The maximum absolute atomic E-state index is 12.9. The van der Waals surface area contributed by atoms with Gasteiger partial charge in [-0.2, -0.15) is 0 Å². The van der Waals surface area contributed by atoms with Gasteiger partial charge in [-0.1, -0.05) is 59.0 Å². The molecule has 106 valence electrons. The topological polar surface area (TPSA) is 43.4 Å². The Morgan fingerprint density at radius 3 is 1.90 bits per heavy atom. The van der Waals surface area contributed by atoms with Gasteiger partial charge in [0.1, 0.15) is 11.2 Å². The van der Waals surface area contributed by atoms with E-state index in [1.165, 1.54) is 0 Å².